The van der Waals surface area contributed by atoms with Crippen molar-refractivity contribution in [3.05, 3.63) is 74.2 Å². The Bertz CT molecular complexity index is 1080. The highest BCUT2D eigenvalue weighted by atomic mass is 35.6. The van der Waals surface area contributed by atoms with Crippen LogP contribution in [0.1, 0.15) is 28.4 Å². The number of piperidine rings is 1. The van der Waals surface area contributed by atoms with E-state index in [2.05, 4.69) is 5.32 Å². The summed E-state index contributed by atoms with van der Waals surface area (Å²) in [7, 11) is 0. The van der Waals surface area contributed by atoms with Crippen LogP contribution in [0.4, 0.5) is 5.69 Å². The van der Waals surface area contributed by atoms with Crippen LogP contribution in [0, 0.1) is 16.0 Å². The van der Waals surface area contributed by atoms with Crippen molar-refractivity contribution in [3.63, 3.8) is 0 Å². The van der Waals surface area contributed by atoms with E-state index in [-0.39, 0.29) is 28.6 Å². The number of fused-ring (bicyclic) bond motifs is 4. The highest BCUT2D eigenvalue weighted by Crippen LogP contribution is 2.40. The molecule has 2 bridgehead atoms. The zero-order valence-corrected chi connectivity index (χ0v) is 18.5. The highest BCUT2D eigenvalue weighted by Gasteiger charge is 2.44. The molecule has 31 heavy (non-hydrogen) atoms. The van der Waals surface area contributed by atoms with Gasteiger partial charge in [-0.1, -0.05) is 46.9 Å². The minimum atomic E-state index is -1.83. The number of hydrogen-bond donors (Lipinski definition) is 1. The predicted octanol–water partition coefficient (Wildman–Crippen LogP) is 3.30. The Kier molecular flexibility index (Phi) is 6.00. The summed E-state index contributed by atoms with van der Waals surface area (Å²) in [5.74, 6) is -0.353. The topological polar surface area (TPSA) is 97.5 Å². The van der Waals surface area contributed by atoms with Crippen LogP contribution in [-0.4, -0.2) is 43.3 Å². The van der Waals surface area contributed by atoms with Crippen molar-refractivity contribution >= 4 is 46.4 Å². The third-order valence-corrected chi connectivity index (χ3v) is 6.39. The van der Waals surface area contributed by atoms with Crippen molar-refractivity contribution in [1.29, 1.82) is 0 Å². The number of halogens is 3. The first-order chi connectivity index (χ1) is 14.6. The fourth-order valence-electron chi connectivity index (χ4n) is 4.49. The number of nitro groups is 1. The van der Waals surface area contributed by atoms with E-state index in [1.54, 1.807) is 16.7 Å². The summed E-state index contributed by atoms with van der Waals surface area (Å²) in [6, 6.07) is 10.6. The molecule has 1 amide bonds. The third-order valence-electron chi connectivity index (χ3n) is 5.77. The number of likely N-dealkylation sites (tertiary alicyclic amines) is 1. The Morgan fingerprint density at radius 2 is 1.90 bits per heavy atom. The van der Waals surface area contributed by atoms with Gasteiger partial charge in [-0.25, -0.2) is 0 Å². The van der Waals surface area contributed by atoms with E-state index >= 15 is 0 Å². The number of amides is 1. The molecule has 2 aromatic rings. The average molecular weight is 486 g/mol. The molecule has 1 saturated heterocycles. The van der Waals surface area contributed by atoms with E-state index in [1.807, 2.05) is 11.0 Å². The molecule has 3 atom stereocenters. The molecule has 0 radical (unpaired) electrons. The number of nitrogens with one attached hydrogen (secondary N) is 1. The van der Waals surface area contributed by atoms with Crippen LogP contribution in [0.2, 0.25) is 0 Å². The van der Waals surface area contributed by atoms with E-state index in [1.165, 1.54) is 24.3 Å². The molecule has 1 fully saturated rings. The number of carbonyl (C=O) groups excluding carboxylic acids is 1. The zero-order chi connectivity index (χ0) is 22.3. The summed E-state index contributed by atoms with van der Waals surface area (Å²) >= 11 is 18.7. The van der Waals surface area contributed by atoms with Crippen molar-refractivity contribution in [2.75, 3.05) is 13.1 Å². The van der Waals surface area contributed by atoms with Gasteiger partial charge in [0.05, 0.1) is 4.92 Å². The Labute approximate surface area is 192 Å². The lowest BCUT2D eigenvalue weighted by atomic mass is 9.83. The Hall–Kier alpha value is -2.13. The Balaban J connectivity index is 1.58. The molecule has 0 aliphatic carbocycles. The van der Waals surface area contributed by atoms with Gasteiger partial charge in [-0.2, -0.15) is 0 Å². The number of benzene rings is 1. The minimum absolute atomic E-state index is 0.0300. The first-order valence-corrected chi connectivity index (χ1v) is 10.8. The molecule has 4 rings (SSSR count). The number of pyridine rings is 1. The van der Waals surface area contributed by atoms with Gasteiger partial charge in [0.2, 0.25) is 3.79 Å². The second-order valence-electron chi connectivity index (χ2n) is 7.88. The quantitative estimate of drug-likeness (QED) is 0.407. The van der Waals surface area contributed by atoms with Crippen molar-refractivity contribution in [3.8, 4) is 0 Å². The zero-order valence-electron chi connectivity index (χ0n) is 16.2. The smallest absolute Gasteiger partial charge is 0.270 e. The molecular formula is C20H19Cl3N4O4. The van der Waals surface area contributed by atoms with Gasteiger partial charge in [0.1, 0.15) is 6.17 Å². The molecule has 2 aliphatic heterocycles. The number of nitrogens with zero attached hydrogens (tertiary/aromatic N) is 3. The Morgan fingerprint density at radius 1 is 1.16 bits per heavy atom. The minimum Gasteiger partial charge on any atom is -0.332 e. The molecule has 1 aromatic carbocycles. The largest absolute Gasteiger partial charge is 0.332 e. The maximum atomic E-state index is 12.8. The highest BCUT2D eigenvalue weighted by molar-refractivity contribution is 6.68. The Morgan fingerprint density at radius 3 is 2.61 bits per heavy atom. The van der Waals surface area contributed by atoms with Crippen LogP contribution in [0.25, 0.3) is 0 Å². The van der Waals surface area contributed by atoms with Gasteiger partial charge < -0.3 is 9.88 Å². The predicted molar refractivity (Wildman–Crippen MR) is 118 cm³/mol. The number of hydrogen-bond acceptors (Lipinski definition) is 5. The van der Waals surface area contributed by atoms with Crippen LogP contribution in [-0.2, 0) is 6.54 Å². The van der Waals surface area contributed by atoms with Gasteiger partial charge in [0.15, 0.2) is 0 Å². The van der Waals surface area contributed by atoms with Crippen molar-refractivity contribution in [2.24, 2.45) is 5.92 Å². The first kappa shape index (κ1) is 22.1. The SMILES string of the molecule is O=C(NC(N1CC2CC(C1)c1cccc(=O)n1C2)C(Cl)(Cl)Cl)c1cccc([N+](=O)[O-])c1. The van der Waals surface area contributed by atoms with E-state index in [9.17, 15) is 19.7 Å². The standard InChI is InChI=1S/C20H19Cl3N4O4/c21-20(22,23)19(24-18(29)13-3-1-4-15(8-13)27(30)31)25-9-12-7-14(11-25)16-5-2-6-17(28)26(16)10-12/h1-6,8,12,14,19H,7,9-11H2,(H,24,29). The second-order valence-corrected chi connectivity index (χ2v) is 10.2. The van der Waals surface area contributed by atoms with Gasteiger partial charge in [0, 0.05) is 55.0 Å². The fraction of sp³-hybridized carbons (Fsp3) is 0.400. The second kappa shape index (κ2) is 8.43. The number of nitro benzene ring substituents is 1. The molecule has 164 valence electrons. The molecular weight excluding hydrogens is 467 g/mol. The first-order valence-electron chi connectivity index (χ1n) is 9.69. The molecule has 8 nitrogen and oxygen atoms in total. The molecule has 0 saturated carbocycles. The summed E-state index contributed by atoms with van der Waals surface area (Å²) in [4.78, 5) is 37.4. The lowest BCUT2D eigenvalue weighted by molar-refractivity contribution is -0.384. The lowest BCUT2D eigenvalue weighted by Gasteiger charge is -2.47. The normalized spacial score (nSPS) is 21.8. The van der Waals surface area contributed by atoms with Crippen LogP contribution >= 0.6 is 34.8 Å². The van der Waals surface area contributed by atoms with Crippen LogP contribution < -0.4 is 10.9 Å². The van der Waals surface area contributed by atoms with Gasteiger partial charge in [-0.05, 0) is 24.5 Å². The number of alkyl halides is 3. The summed E-state index contributed by atoms with van der Waals surface area (Å²) in [6.45, 7) is 1.59. The number of rotatable bonds is 4. The van der Waals surface area contributed by atoms with E-state index < -0.39 is 20.8 Å². The summed E-state index contributed by atoms with van der Waals surface area (Å²) < 4.78 is -0.0411. The van der Waals surface area contributed by atoms with Gasteiger partial charge in [-0.3, -0.25) is 24.6 Å². The molecule has 11 heteroatoms. The van der Waals surface area contributed by atoms with Gasteiger partial charge in [-0.15, -0.1) is 0 Å². The molecule has 1 N–H and O–H groups in total. The van der Waals surface area contributed by atoms with Crippen LogP contribution in [0.3, 0.4) is 0 Å². The van der Waals surface area contributed by atoms with Crippen LogP contribution in [0.15, 0.2) is 47.3 Å². The fourth-order valence-corrected chi connectivity index (χ4v) is 5.07. The molecule has 1 aromatic heterocycles. The maximum Gasteiger partial charge on any atom is 0.270 e. The van der Waals surface area contributed by atoms with Crippen molar-refractivity contribution in [2.45, 2.75) is 28.8 Å². The number of non-ortho nitro benzene ring substituents is 1. The molecule has 2 aliphatic rings. The monoisotopic (exact) mass is 484 g/mol. The van der Waals surface area contributed by atoms with Gasteiger partial charge >= 0.3 is 0 Å². The van der Waals surface area contributed by atoms with Gasteiger partial charge in [0.25, 0.3) is 17.2 Å². The summed E-state index contributed by atoms with van der Waals surface area (Å²) in [5, 5.41) is 13.8. The summed E-state index contributed by atoms with van der Waals surface area (Å²) in [6.07, 6.45) is -0.0396. The van der Waals surface area contributed by atoms with E-state index in [0.29, 0.717) is 19.6 Å². The lowest BCUT2D eigenvalue weighted by Crippen LogP contribution is -2.60. The van der Waals surface area contributed by atoms with Crippen molar-refractivity contribution in [1.82, 2.24) is 14.8 Å². The number of aromatic nitrogens is 1. The van der Waals surface area contributed by atoms with Crippen molar-refractivity contribution < 1.29 is 9.72 Å². The average Bonchev–Trinajstić information content (AvgIpc) is 2.71. The maximum absolute atomic E-state index is 12.8. The number of carbonyl (C=O) groups is 1. The van der Waals surface area contributed by atoms with E-state index in [0.717, 1.165) is 12.1 Å². The van der Waals surface area contributed by atoms with Crippen LogP contribution in [0.5, 0.6) is 0 Å². The summed E-state index contributed by atoms with van der Waals surface area (Å²) in [5.41, 5.74) is 0.800. The molecule has 3 heterocycles. The molecule has 0 spiro atoms. The van der Waals surface area contributed by atoms with E-state index in [4.69, 9.17) is 34.8 Å². The molecule has 3 unspecified atom stereocenters. The third kappa shape index (κ3) is 4.57.